The van der Waals surface area contributed by atoms with E-state index in [0.717, 1.165) is 5.56 Å². The van der Waals surface area contributed by atoms with Gasteiger partial charge in [-0.2, -0.15) is 5.26 Å². The highest BCUT2D eigenvalue weighted by Crippen LogP contribution is 2.25. The van der Waals surface area contributed by atoms with Crippen LogP contribution in [0.4, 0.5) is 0 Å². The first-order valence-electron chi connectivity index (χ1n) is 3.48. The molecule has 0 aliphatic heterocycles. The van der Waals surface area contributed by atoms with Crippen LogP contribution in [0.3, 0.4) is 0 Å². The number of nitrogens with zero attached hydrogens (tertiary/aromatic N) is 1. The summed E-state index contributed by atoms with van der Waals surface area (Å²) < 4.78 is 0. The molecule has 1 nitrogen and oxygen atoms in total. The second-order valence-electron chi connectivity index (χ2n) is 2.35. The lowest BCUT2D eigenvalue weighted by Crippen LogP contribution is -2.03. The number of alkyl halides is 2. The van der Waals surface area contributed by atoms with Crippen LogP contribution in [0.25, 0.3) is 0 Å². The molecule has 0 amide bonds. The third-order valence-electron chi connectivity index (χ3n) is 1.55. The van der Waals surface area contributed by atoms with Crippen LogP contribution in [0, 0.1) is 11.3 Å². The molecule has 0 aliphatic rings. The van der Waals surface area contributed by atoms with E-state index in [9.17, 15) is 0 Å². The number of halogens is 2. The summed E-state index contributed by atoms with van der Waals surface area (Å²) in [5, 5.41) is 8.73. The summed E-state index contributed by atoms with van der Waals surface area (Å²) in [5.74, 6) is -0.436. The zero-order valence-corrected chi connectivity index (χ0v) is 7.76. The first-order valence-corrected chi connectivity index (χ1v) is 4.35. The molecule has 0 N–H and O–H groups in total. The minimum atomic E-state index is -0.669. The molecular formula is C9H7Cl2N. The number of benzene rings is 1. The van der Waals surface area contributed by atoms with Gasteiger partial charge in [0.2, 0.25) is 0 Å². The van der Waals surface area contributed by atoms with Gasteiger partial charge in [0, 0.05) is 0 Å². The summed E-state index contributed by atoms with van der Waals surface area (Å²) >= 11 is 11.2. The van der Waals surface area contributed by atoms with Gasteiger partial charge in [-0.1, -0.05) is 30.3 Å². The molecular weight excluding hydrogens is 193 g/mol. The van der Waals surface area contributed by atoms with Crippen LogP contribution in [0.5, 0.6) is 0 Å². The van der Waals surface area contributed by atoms with Gasteiger partial charge in [-0.25, -0.2) is 0 Å². The second kappa shape index (κ2) is 4.35. The quantitative estimate of drug-likeness (QED) is 0.673. The molecule has 0 saturated heterocycles. The Labute approximate surface area is 81.5 Å². The molecule has 0 radical (unpaired) electrons. The number of rotatable bonds is 2. The number of hydrogen-bond acceptors (Lipinski definition) is 1. The third kappa shape index (κ3) is 2.14. The Balaban J connectivity index is 2.90. The van der Waals surface area contributed by atoms with Gasteiger partial charge in [0.25, 0.3) is 0 Å². The molecule has 0 heterocycles. The van der Waals surface area contributed by atoms with E-state index < -0.39 is 10.8 Å². The maximum Gasteiger partial charge on any atom is 0.127 e. The average molecular weight is 200 g/mol. The van der Waals surface area contributed by atoms with Gasteiger partial charge >= 0.3 is 0 Å². The van der Waals surface area contributed by atoms with Crippen LogP contribution in [0.2, 0.25) is 0 Å². The van der Waals surface area contributed by atoms with Crippen molar-refractivity contribution >= 4 is 23.2 Å². The fourth-order valence-corrected chi connectivity index (χ4v) is 1.34. The van der Waals surface area contributed by atoms with Gasteiger partial charge in [0.15, 0.2) is 0 Å². The highest BCUT2D eigenvalue weighted by molar-refractivity contribution is 6.45. The highest BCUT2D eigenvalue weighted by atomic mass is 35.5. The van der Waals surface area contributed by atoms with E-state index in [4.69, 9.17) is 28.5 Å². The molecule has 0 fully saturated rings. The Morgan fingerprint density at radius 1 is 1.17 bits per heavy atom. The lowest BCUT2D eigenvalue weighted by Gasteiger charge is -2.08. The summed E-state index contributed by atoms with van der Waals surface area (Å²) in [7, 11) is 0. The maximum absolute atomic E-state index is 8.73. The Kier molecular flexibility index (Phi) is 3.40. The average Bonchev–Trinajstić information content (AvgIpc) is 2.07. The number of nitriles is 1. The summed E-state index contributed by atoms with van der Waals surface area (Å²) in [6.45, 7) is 0. The van der Waals surface area contributed by atoms with Gasteiger partial charge in [-0.3, -0.25) is 0 Å². The molecule has 1 aromatic rings. The summed E-state index contributed by atoms with van der Waals surface area (Å²) in [5.41, 5.74) is 0.856. The SMILES string of the molecule is N#CC(c1ccccc1)C(Cl)Cl. The zero-order chi connectivity index (χ0) is 8.97. The van der Waals surface area contributed by atoms with E-state index >= 15 is 0 Å². The van der Waals surface area contributed by atoms with Crippen LogP contribution in [-0.4, -0.2) is 4.84 Å². The van der Waals surface area contributed by atoms with Crippen LogP contribution in [-0.2, 0) is 0 Å². The molecule has 0 aliphatic carbocycles. The van der Waals surface area contributed by atoms with Crippen LogP contribution in [0.1, 0.15) is 11.5 Å². The molecule has 1 atom stereocenters. The maximum atomic E-state index is 8.73. The van der Waals surface area contributed by atoms with E-state index in [1.165, 1.54) is 0 Å². The molecule has 0 spiro atoms. The summed E-state index contributed by atoms with van der Waals surface area (Å²) in [4.78, 5) is -0.669. The third-order valence-corrected chi connectivity index (χ3v) is 2.05. The number of hydrogen-bond donors (Lipinski definition) is 0. The van der Waals surface area contributed by atoms with Crippen molar-refractivity contribution in [3.05, 3.63) is 35.9 Å². The first kappa shape index (κ1) is 9.38. The molecule has 0 aromatic heterocycles. The van der Waals surface area contributed by atoms with Gasteiger partial charge in [-0.15, -0.1) is 23.2 Å². The molecule has 1 unspecified atom stereocenters. The van der Waals surface area contributed by atoms with E-state index in [1.807, 2.05) is 30.3 Å². The minimum Gasteiger partial charge on any atom is -0.198 e. The van der Waals surface area contributed by atoms with Crippen molar-refractivity contribution in [2.24, 2.45) is 0 Å². The Morgan fingerprint density at radius 2 is 1.75 bits per heavy atom. The Bertz CT molecular complexity index is 276. The molecule has 3 heteroatoms. The van der Waals surface area contributed by atoms with Gasteiger partial charge < -0.3 is 0 Å². The van der Waals surface area contributed by atoms with Crippen molar-refractivity contribution < 1.29 is 0 Å². The van der Waals surface area contributed by atoms with E-state index in [2.05, 4.69) is 6.07 Å². The van der Waals surface area contributed by atoms with Gasteiger partial charge in [0.05, 0.1) is 6.07 Å². The van der Waals surface area contributed by atoms with Crippen LogP contribution >= 0.6 is 23.2 Å². The fourth-order valence-electron chi connectivity index (χ4n) is 0.937. The van der Waals surface area contributed by atoms with Crippen molar-refractivity contribution in [1.82, 2.24) is 0 Å². The summed E-state index contributed by atoms with van der Waals surface area (Å²) in [6.07, 6.45) is 0. The van der Waals surface area contributed by atoms with Crippen molar-refractivity contribution in [1.29, 1.82) is 5.26 Å². The van der Waals surface area contributed by atoms with Crippen LogP contribution < -0.4 is 0 Å². The second-order valence-corrected chi connectivity index (χ2v) is 3.52. The normalized spacial score (nSPS) is 12.5. The Hall–Kier alpha value is -0.710. The monoisotopic (exact) mass is 199 g/mol. The smallest absolute Gasteiger partial charge is 0.127 e. The van der Waals surface area contributed by atoms with E-state index in [1.54, 1.807) is 0 Å². The Morgan fingerprint density at radius 3 is 2.17 bits per heavy atom. The molecule has 0 bridgehead atoms. The lowest BCUT2D eigenvalue weighted by atomic mass is 10.0. The fraction of sp³-hybridized carbons (Fsp3) is 0.222. The molecule has 0 saturated carbocycles. The zero-order valence-electron chi connectivity index (χ0n) is 6.24. The van der Waals surface area contributed by atoms with Crippen LogP contribution in [0.15, 0.2) is 30.3 Å². The summed E-state index contributed by atoms with van der Waals surface area (Å²) in [6, 6.07) is 11.3. The molecule has 62 valence electrons. The topological polar surface area (TPSA) is 23.8 Å². The molecule has 12 heavy (non-hydrogen) atoms. The first-order chi connectivity index (χ1) is 5.75. The van der Waals surface area contributed by atoms with Crippen molar-refractivity contribution in [2.45, 2.75) is 10.8 Å². The van der Waals surface area contributed by atoms with Crippen molar-refractivity contribution in [2.75, 3.05) is 0 Å². The lowest BCUT2D eigenvalue weighted by molar-refractivity contribution is 0.942. The standard InChI is InChI=1S/C9H7Cl2N/c10-9(11)8(6-12)7-4-2-1-3-5-7/h1-5,8-9H. The van der Waals surface area contributed by atoms with Crippen molar-refractivity contribution in [3.63, 3.8) is 0 Å². The largest absolute Gasteiger partial charge is 0.198 e. The predicted molar refractivity (Wildman–Crippen MR) is 50.3 cm³/mol. The minimum absolute atomic E-state index is 0.436. The van der Waals surface area contributed by atoms with Crippen molar-refractivity contribution in [3.8, 4) is 6.07 Å². The highest BCUT2D eigenvalue weighted by Gasteiger charge is 2.17. The van der Waals surface area contributed by atoms with Gasteiger partial charge in [0.1, 0.15) is 10.8 Å². The molecule has 1 aromatic carbocycles. The van der Waals surface area contributed by atoms with Gasteiger partial charge in [-0.05, 0) is 5.56 Å². The van der Waals surface area contributed by atoms with E-state index in [0.29, 0.717) is 0 Å². The van der Waals surface area contributed by atoms with E-state index in [-0.39, 0.29) is 0 Å². The predicted octanol–water partition coefficient (Wildman–Crippen LogP) is 3.10. The molecule has 1 rings (SSSR count).